The maximum Gasteiger partial charge on any atom is 0.220 e. The third kappa shape index (κ3) is 8.13. The number of ketones is 2. The number of allylic oxidation sites excluding steroid dienone is 4. The Bertz CT molecular complexity index is 1200. The molecule has 5 heteroatoms. The van der Waals surface area contributed by atoms with E-state index in [0.29, 0.717) is 6.42 Å². The highest BCUT2D eigenvalue weighted by molar-refractivity contribution is 6.04. The second-order valence-corrected chi connectivity index (χ2v) is 17.4. The van der Waals surface area contributed by atoms with Crippen LogP contribution in [0.1, 0.15) is 154 Å². The van der Waals surface area contributed by atoms with Crippen LogP contribution < -0.4 is 5.32 Å². The molecule has 1 amide bonds. The number of nitriles is 1. The molecule has 0 aromatic rings. The van der Waals surface area contributed by atoms with Gasteiger partial charge in [-0.2, -0.15) is 5.26 Å². The van der Waals surface area contributed by atoms with Gasteiger partial charge >= 0.3 is 0 Å². The Kier molecular flexibility index (Phi) is 11.8. The molecule has 2 rings (SSSR count). The zero-order valence-electron chi connectivity index (χ0n) is 30.6. The van der Waals surface area contributed by atoms with Crippen molar-refractivity contribution in [2.24, 2.45) is 38.4 Å². The Morgan fingerprint density at radius 3 is 2.14 bits per heavy atom. The summed E-state index contributed by atoms with van der Waals surface area (Å²) in [6.07, 6.45) is 13.3. The highest BCUT2D eigenvalue weighted by atomic mass is 16.1. The number of carbonyl (C=O) groups excluding carboxylic acids is 3. The molecule has 4 atom stereocenters. The number of nitrogens with one attached hydrogen (secondary N) is 1. The summed E-state index contributed by atoms with van der Waals surface area (Å²) < 4.78 is 0. The van der Waals surface area contributed by atoms with E-state index in [9.17, 15) is 19.6 Å². The Balaban J connectivity index is 2.50. The molecule has 1 saturated carbocycles. The topological polar surface area (TPSA) is 87.0 Å². The molecule has 0 bridgehead atoms. The minimum atomic E-state index is -0.684. The summed E-state index contributed by atoms with van der Waals surface area (Å²) in [6.45, 7) is 28.1. The number of amides is 1. The van der Waals surface area contributed by atoms with E-state index >= 15 is 0 Å². The molecule has 1 fully saturated rings. The van der Waals surface area contributed by atoms with Gasteiger partial charge in [-0.3, -0.25) is 14.4 Å². The van der Waals surface area contributed by atoms with Gasteiger partial charge in [0.25, 0.3) is 0 Å². The lowest BCUT2D eigenvalue weighted by molar-refractivity contribution is -0.131. The van der Waals surface area contributed by atoms with Crippen molar-refractivity contribution in [3.63, 3.8) is 0 Å². The molecule has 0 aliphatic heterocycles. The lowest BCUT2D eigenvalue weighted by Gasteiger charge is -2.61. The van der Waals surface area contributed by atoms with E-state index in [0.717, 1.165) is 50.5 Å². The Morgan fingerprint density at radius 1 is 1.02 bits per heavy atom. The van der Waals surface area contributed by atoms with Gasteiger partial charge in [-0.05, 0) is 106 Å². The van der Waals surface area contributed by atoms with Gasteiger partial charge < -0.3 is 5.32 Å². The van der Waals surface area contributed by atoms with Crippen molar-refractivity contribution in [1.29, 1.82) is 5.26 Å². The first-order valence-electron chi connectivity index (χ1n) is 17.2. The quantitative estimate of drug-likeness (QED) is 0.199. The lowest BCUT2D eigenvalue weighted by atomic mass is 9.42. The molecular weight excluding hydrogens is 544 g/mol. The van der Waals surface area contributed by atoms with Crippen molar-refractivity contribution in [2.75, 3.05) is 0 Å². The molecule has 0 unspecified atom stereocenters. The summed E-state index contributed by atoms with van der Waals surface area (Å²) >= 11 is 0. The molecule has 2 aliphatic carbocycles. The van der Waals surface area contributed by atoms with E-state index in [1.807, 2.05) is 39.8 Å². The van der Waals surface area contributed by atoms with Crippen molar-refractivity contribution in [1.82, 2.24) is 5.32 Å². The van der Waals surface area contributed by atoms with Crippen molar-refractivity contribution in [2.45, 2.75) is 160 Å². The van der Waals surface area contributed by atoms with Crippen molar-refractivity contribution >= 4 is 17.5 Å². The second kappa shape index (κ2) is 13.6. The van der Waals surface area contributed by atoms with Crippen LogP contribution in [0.4, 0.5) is 0 Å². The molecule has 0 aromatic carbocycles. The zero-order chi connectivity index (χ0) is 33.9. The third-order valence-electron chi connectivity index (χ3n) is 12.0. The van der Waals surface area contributed by atoms with E-state index in [1.54, 1.807) is 6.92 Å². The maximum atomic E-state index is 13.3. The normalized spacial score (nSPS) is 27.8. The predicted molar refractivity (Wildman–Crippen MR) is 182 cm³/mol. The largest absolute Gasteiger partial charge is 0.354 e. The van der Waals surface area contributed by atoms with E-state index in [-0.39, 0.29) is 56.7 Å². The standard InChI is InChI=1S/C39H64N2O3/c1-14-17-34(5,6)20-22-37(11,18-16-32(43)41-27(2)3)23-21-35(7,8)39(13)19-15-30-36(9,10)33(44)29(26-40)25-38(30,12)31(39)24-28(4)42/h24-25,27,30H,14-23H2,1-13H3,(H,41,43)/b31-24-/t30-,37-,38-,39+/m0/s1. The number of hydrogen-bond acceptors (Lipinski definition) is 4. The van der Waals surface area contributed by atoms with Crippen LogP contribution in [-0.2, 0) is 14.4 Å². The number of Topliss-reactive ketones (excluding diaryl/α,β-unsaturated/α-hetero) is 1. The van der Waals surface area contributed by atoms with Crippen LogP contribution in [0.25, 0.3) is 0 Å². The fourth-order valence-electron chi connectivity index (χ4n) is 8.63. The summed E-state index contributed by atoms with van der Waals surface area (Å²) in [4.78, 5) is 38.9. The Labute approximate surface area is 270 Å². The smallest absolute Gasteiger partial charge is 0.220 e. The maximum absolute atomic E-state index is 13.3. The lowest BCUT2D eigenvalue weighted by Crippen LogP contribution is -2.55. The zero-order valence-corrected chi connectivity index (χ0v) is 30.6. The second-order valence-electron chi connectivity index (χ2n) is 17.4. The summed E-state index contributed by atoms with van der Waals surface area (Å²) in [5.41, 5.74) is -0.189. The summed E-state index contributed by atoms with van der Waals surface area (Å²) in [6, 6.07) is 2.32. The Hall–Kier alpha value is -2.22. The van der Waals surface area contributed by atoms with Crippen LogP contribution in [-0.4, -0.2) is 23.5 Å². The highest BCUT2D eigenvalue weighted by Crippen LogP contribution is 2.67. The Morgan fingerprint density at radius 2 is 1.61 bits per heavy atom. The fourth-order valence-corrected chi connectivity index (χ4v) is 8.63. The first kappa shape index (κ1) is 38.0. The highest BCUT2D eigenvalue weighted by Gasteiger charge is 2.61. The van der Waals surface area contributed by atoms with Crippen LogP contribution in [0.5, 0.6) is 0 Å². The number of nitrogens with zero attached hydrogens (tertiary/aromatic N) is 1. The van der Waals surface area contributed by atoms with E-state index in [2.05, 4.69) is 66.8 Å². The SMILES string of the molecule is CCCC(C)(C)CC[C@](C)(CCC(=O)NC(C)C)CCC(C)(C)[C@]1(C)CC[C@H]2C(C)(C)C(=O)C(C#N)=C[C@]2(C)/C1=C/C(C)=O. The molecule has 5 nitrogen and oxygen atoms in total. The van der Waals surface area contributed by atoms with Gasteiger partial charge in [0, 0.05) is 23.3 Å². The van der Waals surface area contributed by atoms with Gasteiger partial charge in [0.05, 0.1) is 5.57 Å². The van der Waals surface area contributed by atoms with Gasteiger partial charge in [0.2, 0.25) is 5.91 Å². The van der Waals surface area contributed by atoms with E-state index < -0.39 is 10.8 Å². The monoisotopic (exact) mass is 608 g/mol. The molecule has 0 spiro atoms. The van der Waals surface area contributed by atoms with Crippen LogP contribution in [0.15, 0.2) is 23.3 Å². The molecule has 0 saturated heterocycles. The minimum absolute atomic E-state index is 0.00433. The van der Waals surface area contributed by atoms with Gasteiger partial charge in [0.15, 0.2) is 11.6 Å². The van der Waals surface area contributed by atoms with Gasteiger partial charge in [-0.15, -0.1) is 0 Å². The average molecular weight is 609 g/mol. The van der Waals surface area contributed by atoms with Crippen LogP contribution in [0, 0.1) is 49.7 Å². The van der Waals surface area contributed by atoms with E-state index in [4.69, 9.17) is 0 Å². The number of rotatable bonds is 14. The van der Waals surface area contributed by atoms with Gasteiger partial charge in [-0.25, -0.2) is 0 Å². The minimum Gasteiger partial charge on any atom is -0.354 e. The molecule has 44 heavy (non-hydrogen) atoms. The molecule has 0 heterocycles. The first-order valence-corrected chi connectivity index (χ1v) is 17.2. The number of carbonyl (C=O) groups is 3. The summed E-state index contributed by atoms with van der Waals surface area (Å²) in [5.74, 6) is 0.0535. The van der Waals surface area contributed by atoms with Crippen LogP contribution in [0.2, 0.25) is 0 Å². The number of fused-ring (bicyclic) bond motifs is 1. The van der Waals surface area contributed by atoms with E-state index in [1.165, 1.54) is 12.8 Å². The van der Waals surface area contributed by atoms with Crippen LogP contribution >= 0.6 is 0 Å². The van der Waals surface area contributed by atoms with Crippen molar-refractivity contribution in [3.8, 4) is 6.07 Å². The fraction of sp³-hybridized carbons (Fsp3) is 0.795. The van der Waals surface area contributed by atoms with Crippen molar-refractivity contribution in [3.05, 3.63) is 23.3 Å². The molecule has 2 aliphatic rings. The van der Waals surface area contributed by atoms with Gasteiger partial charge in [-0.1, -0.05) is 87.3 Å². The summed E-state index contributed by atoms with van der Waals surface area (Å²) in [5, 5.41) is 13.0. The predicted octanol–water partition coefficient (Wildman–Crippen LogP) is 9.71. The third-order valence-corrected chi connectivity index (χ3v) is 12.0. The summed E-state index contributed by atoms with van der Waals surface area (Å²) in [7, 11) is 0. The average Bonchev–Trinajstić information content (AvgIpc) is 2.89. The molecule has 0 radical (unpaired) electrons. The first-order chi connectivity index (χ1) is 20.0. The number of hydrogen-bond donors (Lipinski definition) is 1. The van der Waals surface area contributed by atoms with Crippen molar-refractivity contribution < 1.29 is 14.4 Å². The molecule has 0 aromatic heterocycles. The van der Waals surface area contributed by atoms with Crippen LogP contribution in [0.3, 0.4) is 0 Å². The molecule has 1 N–H and O–H groups in total. The van der Waals surface area contributed by atoms with Gasteiger partial charge in [0.1, 0.15) is 6.07 Å². The molecular formula is C39H64N2O3. The molecule has 248 valence electrons.